The molecule has 2 atom stereocenters. The number of anilines is 1. The molecule has 1 fully saturated rings. The summed E-state index contributed by atoms with van der Waals surface area (Å²) in [6.07, 6.45) is 9.77. The van der Waals surface area contributed by atoms with E-state index in [1.54, 1.807) is 6.33 Å². The van der Waals surface area contributed by atoms with Crippen molar-refractivity contribution in [3.63, 3.8) is 0 Å². The molecule has 2 heterocycles. The molecule has 2 aliphatic rings. The molecule has 5 rings (SSSR count). The molecule has 2 aliphatic carbocycles. The van der Waals surface area contributed by atoms with E-state index >= 15 is 0 Å². The van der Waals surface area contributed by atoms with Gasteiger partial charge in [0, 0.05) is 11.7 Å². The first-order valence-corrected chi connectivity index (χ1v) is 11.1. The van der Waals surface area contributed by atoms with Crippen LogP contribution in [0.25, 0.3) is 22.3 Å². The van der Waals surface area contributed by atoms with Crippen LogP contribution in [-0.4, -0.2) is 14.5 Å². The Hall–Kier alpha value is -2.88. The third-order valence-corrected chi connectivity index (χ3v) is 6.13. The lowest BCUT2D eigenvalue weighted by Gasteiger charge is -2.15. The Labute approximate surface area is 179 Å². The molecule has 0 radical (unpaired) electrons. The molecule has 1 aromatic carbocycles. The van der Waals surface area contributed by atoms with Crippen molar-refractivity contribution in [3.8, 4) is 11.3 Å². The van der Waals surface area contributed by atoms with Gasteiger partial charge in [0.25, 0.3) is 0 Å². The van der Waals surface area contributed by atoms with E-state index in [1.807, 2.05) is 13.8 Å². The molecule has 4 heteroatoms. The molecule has 3 aromatic rings. The van der Waals surface area contributed by atoms with E-state index in [9.17, 15) is 0 Å². The van der Waals surface area contributed by atoms with Crippen molar-refractivity contribution < 1.29 is 0 Å². The van der Waals surface area contributed by atoms with Crippen LogP contribution in [0.3, 0.4) is 0 Å². The molecule has 1 N–H and O–H groups in total. The molecular formula is C26H32N4. The molecule has 0 saturated heterocycles. The highest BCUT2D eigenvalue weighted by Crippen LogP contribution is 2.56. The molecule has 1 saturated carbocycles. The van der Waals surface area contributed by atoms with Crippen LogP contribution in [0.5, 0.6) is 0 Å². The number of aromatic nitrogens is 3. The zero-order valence-corrected chi connectivity index (χ0v) is 18.9. The Morgan fingerprint density at radius 1 is 1.13 bits per heavy atom. The number of hydrogen-bond acceptors (Lipinski definition) is 3. The van der Waals surface area contributed by atoms with Crippen LogP contribution in [0, 0.1) is 18.3 Å². The molecule has 2 unspecified atom stereocenters. The van der Waals surface area contributed by atoms with Crippen molar-refractivity contribution in [2.45, 2.75) is 54.0 Å². The lowest BCUT2D eigenvalue weighted by Crippen LogP contribution is -2.07. The van der Waals surface area contributed by atoms with Crippen LogP contribution >= 0.6 is 0 Å². The average Bonchev–Trinajstić information content (AvgIpc) is 3.25. The predicted molar refractivity (Wildman–Crippen MR) is 126 cm³/mol. The minimum Gasteiger partial charge on any atom is -0.340 e. The molecule has 156 valence electrons. The van der Waals surface area contributed by atoms with Gasteiger partial charge in [-0.05, 0) is 56.2 Å². The molecular weight excluding hydrogens is 368 g/mol. The second kappa shape index (κ2) is 7.75. The fourth-order valence-corrected chi connectivity index (χ4v) is 4.23. The first kappa shape index (κ1) is 20.4. The summed E-state index contributed by atoms with van der Waals surface area (Å²) in [5.74, 6) is 1.53. The van der Waals surface area contributed by atoms with Crippen LogP contribution in [0.2, 0.25) is 0 Å². The van der Waals surface area contributed by atoms with Crippen LogP contribution in [-0.2, 0) is 0 Å². The summed E-state index contributed by atoms with van der Waals surface area (Å²) < 4.78 is 2.30. The summed E-state index contributed by atoms with van der Waals surface area (Å²) in [5.41, 5.74) is 6.13. The van der Waals surface area contributed by atoms with Gasteiger partial charge in [-0.2, -0.15) is 0 Å². The van der Waals surface area contributed by atoms with Crippen molar-refractivity contribution >= 4 is 16.9 Å². The Bertz CT molecular complexity index is 1120. The van der Waals surface area contributed by atoms with E-state index in [-0.39, 0.29) is 0 Å². The van der Waals surface area contributed by atoms with E-state index < -0.39 is 0 Å². The van der Waals surface area contributed by atoms with Crippen molar-refractivity contribution in [2.75, 3.05) is 5.32 Å². The van der Waals surface area contributed by atoms with Crippen molar-refractivity contribution in [3.05, 3.63) is 66.1 Å². The molecule has 4 nitrogen and oxygen atoms in total. The second-order valence-electron chi connectivity index (χ2n) is 8.72. The number of fused-ring (bicyclic) bond motifs is 2. The largest absolute Gasteiger partial charge is 0.340 e. The lowest BCUT2D eigenvalue weighted by molar-refractivity contribution is 0.623. The minimum absolute atomic E-state index is 0.303. The number of benzene rings is 1. The van der Waals surface area contributed by atoms with Crippen LogP contribution in [0.15, 0.2) is 60.6 Å². The summed E-state index contributed by atoms with van der Waals surface area (Å²) in [7, 11) is 0. The average molecular weight is 401 g/mol. The SMILES string of the molecule is CC.Cc1ccc(-c2cc3c(NC4=CC5CC5(C)C=C4)ncnc3n2C(C)C)cc1. The van der Waals surface area contributed by atoms with E-state index in [1.165, 1.54) is 23.2 Å². The quantitative estimate of drug-likeness (QED) is 0.517. The third-order valence-electron chi connectivity index (χ3n) is 6.13. The third kappa shape index (κ3) is 3.55. The summed E-state index contributed by atoms with van der Waals surface area (Å²) >= 11 is 0. The maximum absolute atomic E-state index is 4.63. The second-order valence-corrected chi connectivity index (χ2v) is 8.72. The topological polar surface area (TPSA) is 42.7 Å². The summed E-state index contributed by atoms with van der Waals surface area (Å²) in [4.78, 5) is 9.20. The molecule has 0 aliphatic heterocycles. The van der Waals surface area contributed by atoms with Crippen molar-refractivity contribution in [2.24, 2.45) is 11.3 Å². The first-order valence-electron chi connectivity index (χ1n) is 11.1. The van der Waals surface area contributed by atoms with Gasteiger partial charge in [0.15, 0.2) is 0 Å². The normalized spacial score (nSPS) is 21.7. The predicted octanol–water partition coefficient (Wildman–Crippen LogP) is 6.91. The Morgan fingerprint density at radius 3 is 2.53 bits per heavy atom. The zero-order chi connectivity index (χ0) is 21.5. The highest BCUT2D eigenvalue weighted by molar-refractivity contribution is 5.93. The van der Waals surface area contributed by atoms with Crippen LogP contribution in [0.4, 0.5) is 5.82 Å². The van der Waals surface area contributed by atoms with Gasteiger partial charge in [0.05, 0.1) is 11.1 Å². The molecule has 0 spiro atoms. The number of nitrogens with zero attached hydrogens (tertiary/aromatic N) is 3. The number of allylic oxidation sites excluding steroid dienone is 3. The Morgan fingerprint density at radius 2 is 1.87 bits per heavy atom. The van der Waals surface area contributed by atoms with Gasteiger partial charge in [-0.3, -0.25) is 0 Å². The fraction of sp³-hybridized carbons (Fsp3) is 0.385. The summed E-state index contributed by atoms with van der Waals surface area (Å²) in [5, 5.41) is 4.61. The maximum Gasteiger partial charge on any atom is 0.146 e. The monoisotopic (exact) mass is 400 g/mol. The fourth-order valence-electron chi connectivity index (χ4n) is 4.23. The van der Waals surface area contributed by atoms with Crippen molar-refractivity contribution in [1.82, 2.24) is 14.5 Å². The Balaban J connectivity index is 0.00000106. The Kier molecular flexibility index (Phi) is 5.27. The number of rotatable bonds is 4. The smallest absolute Gasteiger partial charge is 0.146 e. The van der Waals surface area contributed by atoms with Gasteiger partial charge in [-0.25, -0.2) is 9.97 Å². The van der Waals surface area contributed by atoms with Crippen LogP contribution < -0.4 is 5.32 Å². The lowest BCUT2D eigenvalue weighted by atomic mass is 10.0. The maximum atomic E-state index is 4.63. The molecule has 0 amide bonds. The van der Waals surface area contributed by atoms with Gasteiger partial charge >= 0.3 is 0 Å². The van der Waals surface area contributed by atoms with Gasteiger partial charge in [-0.15, -0.1) is 0 Å². The standard InChI is InChI=1S/C24H26N4.C2H6/c1-15(2)28-21(17-7-5-16(3)6-8-17)12-20-22(25-14-26-23(20)28)27-19-9-10-24(4)13-18(24)11-19;1-2/h5-12,14-15,18H,13H2,1-4H3,(H,25,26,27);1-2H3. The molecule has 30 heavy (non-hydrogen) atoms. The van der Waals surface area contributed by atoms with Crippen LogP contribution in [0.1, 0.15) is 52.6 Å². The number of nitrogens with one attached hydrogen (secondary N) is 1. The van der Waals surface area contributed by atoms with E-state index in [0.717, 1.165) is 22.5 Å². The highest BCUT2D eigenvalue weighted by Gasteiger charge is 2.47. The highest BCUT2D eigenvalue weighted by atomic mass is 15.1. The van der Waals surface area contributed by atoms with E-state index in [4.69, 9.17) is 0 Å². The summed E-state index contributed by atoms with van der Waals surface area (Å²) in [6.45, 7) is 12.8. The molecule has 0 bridgehead atoms. The number of aryl methyl sites for hydroxylation is 1. The summed E-state index contributed by atoms with van der Waals surface area (Å²) in [6, 6.07) is 11.2. The number of hydrogen-bond donors (Lipinski definition) is 1. The van der Waals surface area contributed by atoms with Gasteiger partial charge < -0.3 is 9.88 Å². The van der Waals surface area contributed by atoms with E-state index in [0.29, 0.717) is 17.4 Å². The first-order chi connectivity index (χ1) is 14.4. The van der Waals surface area contributed by atoms with Gasteiger partial charge in [-0.1, -0.05) is 62.8 Å². The van der Waals surface area contributed by atoms with E-state index in [2.05, 4.69) is 96.1 Å². The van der Waals surface area contributed by atoms with Gasteiger partial charge in [0.2, 0.25) is 0 Å². The van der Waals surface area contributed by atoms with Gasteiger partial charge in [0.1, 0.15) is 17.8 Å². The zero-order valence-electron chi connectivity index (χ0n) is 18.9. The van der Waals surface area contributed by atoms with Crippen molar-refractivity contribution in [1.29, 1.82) is 0 Å². The minimum atomic E-state index is 0.303. The molecule has 2 aromatic heterocycles.